The van der Waals surface area contributed by atoms with Gasteiger partial charge in [-0.15, -0.1) is 0 Å². The molecule has 1 aliphatic rings. The Morgan fingerprint density at radius 2 is 2.11 bits per heavy atom. The predicted molar refractivity (Wildman–Crippen MR) is 76.0 cm³/mol. The molecule has 1 atom stereocenters. The zero-order valence-electron chi connectivity index (χ0n) is 12.2. The Balaban J connectivity index is 2.90. The molecular weight excluding hydrogens is 266 g/mol. The SMILES string of the molecule is COCCN(C(C)C)S(=O)(=O)N1CCCCC1CN. The van der Waals surface area contributed by atoms with Crippen LogP contribution in [0.1, 0.15) is 33.1 Å². The van der Waals surface area contributed by atoms with Crippen molar-refractivity contribution >= 4 is 10.2 Å². The summed E-state index contributed by atoms with van der Waals surface area (Å²) >= 11 is 0. The minimum Gasteiger partial charge on any atom is -0.383 e. The van der Waals surface area contributed by atoms with Gasteiger partial charge in [0.2, 0.25) is 0 Å². The van der Waals surface area contributed by atoms with Crippen molar-refractivity contribution in [3.63, 3.8) is 0 Å². The van der Waals surface area contributed by atoms with Crippen LogP contribution in [0.4, 0.5) is 0 Å². The van der Waals surface area contributed by atoms with E-state index in [4.69, 9.17) is 10.5 Å². The summed E-state index contributed by atoms with van der Waals surface area (Å²) in [6.07, 6.45) is 2.81. The molecule has 0 aromatic rings. The summed E-state index contributed by atoms with van der Waals surface area (Å²) in [4.78, 5) is 0. The van der Waals surface area contributed by atoms with Gasteiger partial charge in [-0.2, -0.15) is 17.0 Å². The summed E-state index contributed by atoms with van der Waals surface area (Å²) in [5, 5.41) is 0. The highest BCUT2D eigenvalue weighted by Gasteiger charge is 2.36. The second-order valence-electron chi connectivity index (χ2n) is 5.20. The number of methoxy groups -OCH3 is 1. The summed E-state index contributed by atoms with van der Waals surface area (Å²) in [6.45, 7) is 5.50. The second-order valence-corrected chi connectivity index (χ2v) is 7.03. The molecule has 1 unspecified atom stereocenters. The minimum absolute atomic E-state index is 0.0671. The highest BCUT2D eigenvalue weighted by molar-refractivity contribution is 7.86. The Morgan fingerprint density at radius 3 is 2.63 bits per heavy atom. The quantitative estimate of drug-likeness (QED) is 0.737. The number of ether oxygens (including phenoxy) is 1. The van der Waals surface area contributed by atoms with Gasteiger partial charge in [-0.05, 0) is 26.7 Å². The van der Waals surface area contributed by atoms with Crippen LogP contribution >= 0.6 is 0 Å². The zero-order chi connectivity index (χ0) is 14.5. The smallest absolute Gasteiger partial charge is 0.282 e. The van der Waals surface area contributed by atoms with Crippen LogP contribution in [0, 0.1) is 0 Å². The Bertz CT molecular complexity index is 359. The first-order chi connectivity index (χ1) is 8.95. The van der Waals surface area contributed by atoms with Crippen LogP contribution < -0.4 is 5.73 Å². The van der Waals surface area contributed by atoms with Crippen molar-refractivity contribution in [1.82, 2.24) is 8.61 Å². The van der Waals surface area contributed by atoms with Gasteiger partial charge in [0.15, 0.2) is 0 Å². The van der Waals surface area contributed by atoms with Gasteiger partial charge in [0.05, 0.1) is 6.61 Å². The molecule has 1 fully saturated rings. The maximum absolute atomic E-state index is 12.7. The molecule has 1 aliphatic heterocycles. The van der Waals surface area contributed by atoms with Gasteiger partial charge in [-0.25, -0.2) is 0 Å². The minimum atomic E-state index is -3.45. The summed E-state index contributed by atoms with van der Waals surface area (Å²) < 4.78 is 33.6. The summed E-state index contributed by atoms with van der Waals surface area (Å²) in [5.74, 6) is 0. The predicted octanol–water partition coefficient (Wildman–Crippen LogP) is 0.401. The topological polar surface area (TPSA) is 75.9 Å². The van der Waals surface area contributed by atoms with Gasteiger partial charge in [0.25, 0.3) is 10.2 Å². The third-order valence-electron chi connectivity index (χ3n) is 3.53. The van der Waals surface area contributed by atoms with E-state index < -0.39 is 10.2 Å². The van der Waals surface area contributed by atoms with Crippen molar-refractivity contribution in [3.8, 4) is 0 Å². The van der Waals surface area contributed by atoms with E-state index in [-0.39, 0.29) is 12.1 Å². The first-order valence-electron chi connectivity index (χ1n) is 6.92. The Morgan fingerprint density at radius 1 is 1.42 bits per heavy atom. The van der Waals surface area contributed by atoms with Crippen molar-refractivity contribution < 1.29 is 13.2 Å². The number of hydrogen-bond acceptors (Lipinski definition) is 4. The Labute approximate surface area is 117 Å². The van der Waals surface area contributed by atoms with Crippen LogP contribution in [0.15, 0.2) is 0 Å². The Kier molecular flexibility index (Phi) is 6.68. The normalized spacial score (nSPS) is 22.3. The van der Waals surface area contributed by atoms with Crippen LogP contribution in [-0.4, -0.2) is 62.5 Å². The van der Waals surface area contributed by atoms with E-state index >= 15 is 0 Å². The summed E-state index contributed by atoms with van der Waals surface area (Å²) in [7, 11) is -1.87. The van der Waals surface area contributed by atoms with E-state index in [0.717, 1.165) is 19.3 Å². The molecule has 0 aromatic heterocycles. The molecule has 1 saturated heterocycles. The maximum atomic E-state index is 12.7. The van der Waals surface area contributed by atoms with Gasteiger partial charge in [-0.1, -0.05) is 6.42 Å². The van der Waals surface area contributed by atoms with E-state index in [1.807, 2.05) is 13.8 Å². The van der Waals surface area contributed by atoms with Gasteiger partial charge in [0.1, 0.15) is 0 Å². The number of nitrogens with two attached hydrogens (primary N) is 1. The average Bonchev–Trinajstić information content (AvgIpc) is 2.38. The maximum Gasteiger partial charge on any atom is 0.282 e. The van der Waals surface area contributed by atoms with Crippen LogP contribution in [0.5, 0.6) is 0 Å². The summed E-state index contributed by atoms with van der Waals surface area (Å²) in [6, 6.07) is -0.150. The van der Waals surface area contributed by atoms with Crippen LogP contribution in [0.3, 0.4) is 0 Å². The summed E-state index contributed by atoms with van der Waals surface area (Å²) in [5.41, 5.74) is 5.72. The molecular formula is C12H27N3O3S. The lowest BCUT2D eigenvalue weighted by Gasteiger charge is -2.38. The molecule has 7 heteroatoms. The molecule has 6 nitrogen and oxygen atoms in total. The largest absolute Gasteiger partial charge is 0.383 e. The molecule has 1 heterocycles. The van der Waals surface area contributed by atoms with Gasteiger partial charge in [-0.3, -0.25) is 0 Å². The van der Waals surface area contributed by atoms with Crippen molar-refractivity contribution in [3.05, 3.63) is 0 Å². The number of nitrogens with zero attached hydrogens (tertiary/aromatic N) is 2. The van der Waals surface area contributed by atoms with Gasteiger partial charge in [0, 0.05) is 38.8 Å². The molecule has 0 bridgehead atoms. The van der Waals surface area contributed by atoms with E-state index in [1.54, 1.807) is 11.4 Å². The molecule has 0 aromatic carbocycles. The van der Waals surface area contributed by atoms with Crippen LogP contribution in [0.2, 0.25) is 0 Å². The van der Waals surface area contributed by atoms with E-state index in [0.29, 0.717) is 26.2 Å². The lowest BCUT2D eigenvalue weighted by Crippen LogP contribution is -2.55. The first kappa shape index (κ1) is 16.8. The number of piperidine rings is 1. The Hall–Kier alpha value is -0.210. The zero-order valence-corrected chi connectivity index (χ0v) is 13.0. The van der Waals surface area contributed by atoms with Crippen molar-refractivity contribution in [2.45, 2.75) is 45.2 Å². The molecule has 0 radical (unpaired) electrons. The highest BCUT2D eigenvalue weighted by Crippen LogP contribution is 2.23. The molecule has 0 aliphatic carbocycles. The molecule has 1 rings (SSSR count). The standard InChI is InChI=1S/C12H27N3O3S/c1-11(2)14(8-9-18-3)19(16,17)15-7-5-4-6-12(15)10-13/h11-12H,4-10,13H2,1-3H3. The molecule has 114 valence electrons. The third-order valence-corrected chi connectivity index (χ3v) is 5.80. The molecule has 0 saturated carbocycles. The van der Waals surface area contributed by atoms with E-state index in [2.05, 4.69) is 0 Å². The molecule has 0 spiro atoms. The lowest BCUT2D eigenvalue weighted by atomic mass is 10.1. The molecule has 19 heavy (non-hydrogen) atoms. The van der Waals surface area contributed by atoms with Crippen molar-refractivity contribution in [2.24, 2.45) is 5.73 Å². The van der Waals surface area contributed by atoms with Crippen LogP contribution in [-0.2, 0) is 14.9 Å². The van der Waals surface area contributed by atoms with Crippen molar-refractivity contribution in [2.75, 3.05) is 33.4 Å². The number of hydrogen-bond donors (Lipinski definition) is 1. The molecule has 0 amide bonds. The van der Waals surface area contributed by atoms with E-state index in [9.17, 15) is 8.42 Å². The highest BCUT2D eigenvalue weighted by atomic mass is 32.2. The fourth-order valence-corrected chi connectivity index (χ4v) is 4.50. The van der Waals surface area contributed by atoms with Crippen LogP contribution in [0.25, 0.3) is 0 Å². The first-order valence-corrected chi connectivity index (χ1v) is 8.32. The third kappa shape index (κ3) is 4.13. The fourth-order valence-electron chi connectivity index (χ4n) is 2.47. The number of rotatable bonds is 7. The second kappa shape index (κ2) is 7.54. The van der Waals surface area contributed by atoms with E-state index in [1.165, 1.54) is 4.31 Å². The average molecular weight is 293 g/mol. The van der Waals surface area contributed by atoms with Gasteiger partial charge < -0.3 is 10.5 Å². The fraction of sp³-hybridized carbons (Fsp3) is 1.00. The lowest BCUT2D eigenvalue weighted by molar-refractivity contribution is 0.160. The molecule has 2 N–H and O–H groups in total. The monoisotopic (exact) mass is 293 g/mol. The van der Waals surface area contributed by atoms with Gasteiger partial charge >= 0.3 is 0 Å². The van der Waals surface area contributed by atoms with Crippen molar-refractivity contribution in [1.29, 1.82) is 0 Å².